The average molecular weight is 262 g/mol. The third-order valence-electron chi connectivity index (χ3n) is 3.59. The number of hydrogen-bond acceptors (Lipinski definition) is 3. The molecule has 104 valence electrons. The Morgan fingerprint density at radius 3 is 2.84 bits per heavy atom. The Labute approximate surface area is 114 Å². The maximum atomic E-state index is 10.6. The molecule has 1 aromatic rings. The van der Waals surface area contributed by atoms with E-state index < -0.39 is 5.97 Å². The van der Waals surface area contributed by atoms with E-state index >= 15 is 0 Å². The lowest BCUT2D eigenvalue weighted by Gasteiger charge is -2.20. The van der Waals surface area contributed by atoms with Crippen LogP contribution in [0.4, 0.5) is 0 Å². The van der Waals surface area contributed by atoms with Crippen LogP contribution in [-0.4, -0.2) is 54.1 Å². The van der Waals surface area contributed by atoms with Crippen molar-refractivity contribution in [2.24, 2.45) is 5.92 Å². The monoisotopic (exact) mass is 262 g/mol. The highest BCUT2D eigenvalue weighted by atomic mass is 16.4. The van der Waals surface area contributed by atoms with E-state index in [-0.39, 0.29) is 6.54 Å². The van der Waals surface area contributed by atoms with Gasteiger partial charge in [-0.3, -0.25) is 14.6 Å². The van der Waals surface area contributed by atoms with Crippen molar-refractivity contribution in [3.63, 3.8) is 0 Å². The molecule has 1 fully saturated rings. The number of aliphatic carboxylic acids is 1. The summed E-state index contributed by atoms with van der Waals surface area (Å²) >= 11 is 0. The van der Waals surface area contributed by atoms with E-state index in [0.717, 1.165) is 32.6 Å². The molecule has 0 saturated carbocycles. The first-order valence-corrected chi connectivity index (χ1v) is 6.80. The van der Waals surface area contributed by atoms with Crippen molar-refractivity contribution in [3.8, 4) is 0 Å². The smallest absolute Gasteiger partial charge is 0.317 e. The third kappa shape index (κ3) is 4.65. The summed E-state index contributed by atoms with van der Waals surface area (Å²) in [5, 5.41) is 8.75. The molecule has 0 spiro atoms. The Morgan fingerprint density at radius 2 is 2.16 bits per heavy atom. The van der Waals surface area contributed by atoms with Crippen LogP contribution in [0.15, 0.2) is 30.3 Å². The van der Waals surface area contributed by atoms with Crippen molar-refractivity contribution in [1.29, 1.82) is 0 Å². The van der Waals surface area contributed by atoms with Crippen LogP contribution in [0.1, 0.15) is 12.0 Å². The topological polar surface area (TPSA) is 43.8 Å². The van der Waals surface area contributed by atoms with Gasteiger partial charge < -0.3 is 5.11 Å². The number of hydrogen-bond donors (Lipinski definition) is 1. The number of likely N-dealkylation sites (tertiary alicyclic amines) is 1. The second-order valence-electron chi connectivity index (χ2n) is 5.47. The number of likely N-dealkylation sites (N-methyl/N-ethyl adjacent to an activating group) is 1. The van der Waals surface area contributed by atoms with Crippen LogP contribution in [0.5, 0.6) is 0 Å². The van der Waals surface area contributed by atoms with E-state index in [1.54, 1.807) is 0 Å². The lowest BCUT2D eigenvalue weighted by molar-refractivity contribution is -0.138. The molecule has 1 N–H and O–H groups in total. The summed E-state index contributed by atoms with van der Waals surface area (Å²) in [4.78, 5) is 15.0. The van der Waals surface area contributed by atoms with Crippen LogP contribution in [0, 0.1) is 5.92 Å². The van der Waals surface area contributed by atoms with Gasteiger partial charge in [0, 0.05) is 19.6 Å². The zero-order valence-electron chi connectivity index (χ0n) is 11.5. The van der Waals surface area contributed by atoms with E-state index in [1.807, 2.05) is 18.0 Å². The molecular weight excluding hydrogens is 240 g/mol. The quantitative estimate of drug-likeness (QED) is 0.844. The van der Waals surface area contributed by atoms with Gasteiger partial charge in [0.15, 0.2) is 0 Å². The van der Waals surface area contributed by atoms with Crippen molar-refractivity contribution in [1.82, 2.24) is 9.80 Å². The van der Waals surface area contributed by atoms with Gasteiger partial charge in [-0.1, -0.05) is 30.3 Å². The normalized spacial score (nSPS) is 20.0. The van der Waals surface area contributed by atoms with E-state index in [4.69, 9.17) is 5.11 Å². The van der Waals surface area contributed by atoms with Gasteiger partial charge in [0.2, 0.25) is 0 Å². The molecule has 19 heavy (non-hydrogen) atoms. The molecule has 4 heteroatoms. The number of carboxylic acids is 1. The first-order chi connectivity index (χ1) is 9.13. The van der Waals surface area contributed by atoms with E-state index in [2.05, 4.69) is 29.2 Å². The zero-order chi connectivity index (χ0) is 13.7. The Bertz CT molecular complexity index is 408. The average Bonchev–Trinajstić information content (AvgIpc) is 2.76. The first-order valence-electron chi connectivity index (χ1n) is 6.80. The third-order valence-corrected chi connectivity index (χ3v) is 3.59. The maximum Gasteiger partial charge on any atom is 0.317 e. The Kier molecular flexibility index (Phi) is 4.93. The summed E-state index contributed by atoms with van der Waals surface area (Å²) in [7, 11) is 1.88. The van der Waals surface area contributed by atoms with Gasteiger partial charge in [0.1, 0.15) is 0 Å². The molecule has 0 amide bonds. The van der Waals surface area contributed by atoms with Gasteiger partial charge in [0.05, 0.1) is 6.54 Å². The molecule has 0 aliphatic carbocycles. The Morgan fingerprint density at radius 1 is 1.42 bits per heavy atom. The second kappa shape index (κ2) is 6.68. The lowest BCUT2D eigenvalue weighted by atomic mass is 10.1. The van der Waals surface area contributed by atoms with Gasteiger partial charge >= 0.3 is 5.97 Å². The number of carbonyl (C=O) groups is 1. The fourth-order valence-corrected chi connectivity index (χ4v) is 2.78. The van der Waals surface area contributed by atoms with Crippen molar-refractivity contribution < 1.29 is 9.90 Å². The molecule has 0 aromatic heterocycles. The van der Waals surface area contributed by atoms with Crippen LogP contribution in [0.3, 0.4) is 0 Å². The van der Waals surface area contributed by atoms with Crippen LogP contribution >= 0.6 is 0 Å². The van der Waals surface area contributed by atoms with Crippen LogP contribution in [0.25, 0.3) is 0 Å². The van der Waals surface area contributed by atoms with Gasteiger partial charge in [-0.05, 0) is 31.5 Å². The van der Waals surface area contributed by atoms with Gasteiger partial charge in [-0.2, -0.15) is 0 Å². The van der Waals surface area contributed by atoms with E-state index in [9.17, 15) is 4.79 Å². The summed E-state index contributed by atoms with van der Waals surface area (Å²) in [6.45, 7) is 4.19. The SMILES string of the molecule is CN(CC(=O)O)C[C@@H]1CCN(Cc2ccccc2)C1. The number of rotatable bonds is 6. The minimum atomic E-state index is -0.748. The summed E-state index contributed by atoms with van der Waals surface area (Å²) in [6, 6.07) is 10.5. The zero-order valence-corrected chi connectivity index (χ0v) is 11.5. The van der Waals surface area contributed by atoms with Gasteiger partial charge in [-0.15, -0.1) is 0 Å². The highest BCUT2D eigenvalue weighted by Crippen LogP contribution is 2.19. The summed E-state index contributed by atoms with van der Waals surface area (Å²) in [5.74, 6) is -0.158. The van der Waals surface area contributed by atoms with E-state index in [0.29, 0.717) is 5.92 Å². The summed E-state index contributed by atoms with van der Waals surface area (Å²) in [6.07, 6.45) is 1.16. The lowest BCUT2D eigenvalue weighted by Crippen LogP contribution is -2.32. The molecular formula is C15H22N2O2. The molecule has 1 saturated heterocycles. The standard InChI is InChI=1S/C15H22N2O2/c1-16(12-15(18)19)9-14-7-8-17(11-14)10-13-5-3-2-4-6-13/h2-6,14H,7-12H2,1H3,(H,18,19)/t14-/m0/s1. The van der Waals surface area contributed by atoms with Crippen LogP contribution in [-0.2, 0) is 11.3 Å². The first kappa shape index (κ1) is 14.0. The molecule has 4 nitrogen and oxygen atoms in total. The molecule has 1 atom stereocenters. The molecule has 0 bridgehead atoms. The minimum absolute atomic E-state index is 0.134. The molecule has 1 aromatic carbocycles. The molecule has 0 radical (unpaired) electrons. The van der Waals surface area contributed by atoms with Gasteiger partial charge in [-0.25, -0.2) is 0 Å². The van der Waals surface area contributed by atoms with Crippen LogP contribution < -0.4 is 0 Å². The predicted octanol–water partition coefficient (Wildman–Crippen LogP) is 1.52. The summed E-state index contributed by atoms with van der Waals surface area (Å²) < 4.78 is 0. The van der Waals surface area contributed by atoms with E-state index in [1.165, 1.54) is 5.56 Å². The number of nitrogens with zero attached hydrogens (tertiary/aromatic N) is 2. The molecule has 1 aliphatic heterocycles. The molecule has 1 aliphatic rings. The summed E-state index contributed by atoms with van der Waals surface area (Å²) in [5.41, 5.74) is 1.35. The minimum Gasteiger partial charge on any atom is -0.480 e. The number of carboxylic acid groups (broad SMARTS) is 1. The second-order valence-corrected chi connectivity index (χ2v) is 5.47. The molecule has 2 rings (SSSR count). The van der Waals surface area contributed by atoms with Crippen LogP contribution in [0.2, 0.25) is 0 Å². The molecule has 0 unspecified atom stereocenters. The maximum absolute atomic E-state index is 10.6. The highest BCUT2D eigenvalue weighted by Gasteiger charge is 2.23. The largest absolute Gasteiger partial charge is 0.480 e. The van der Waals surface area contributed by atoms with Gasteiger partial charge in [0.25, 0.3) is 0 Å². The fraction of sp³-hybridized carbons (Fsp3) is 0.533. The Hall–Kier alpha value is -1.39. The van der Waals surface area contributed by atoms with Crippen molar-refractivity contribution in [3.05, 3.63) is 35.9 Å². The number of benzene rings is 1. The van der Waals surface area contributed by atoms with Crippen molar-refractivity contribution in [2.45, 2.75) is 13.0 Å². The van der Waals surface area contributed by atoms with Crippen molar-refractivity contribution >= 4 is 5.97 Å². The highest BCUT2D eigenvalue weighted by molar-refractivity contribution is 5.68. The fourth-order valence-electron chi connectivity index (χ4n) is 2.78. The Balaban J connectivity index is 1.75. The predicted molar refractivity (Wildman–Crippen MR) is 75.0 cm³/mol. The van der Waals surface area contributed by atoms with Crippen molar-refractivity contribution in [2.75, 3.05) is 33.2 Å². The molecule has 1 heterocycles.